The van der Waals surface area contributed by atoms with E-state index in [4.69, 9.17) is 19.4 Å². The molecule has 1 fully saturated rings. The summed E-state index contributed by atoms with van der Waals surface area (Å²) in [6.07, 6.45) is 6.33. The number of hydrogen-bond donors (Lipinski definition) is 0. The number of rotatable bonds is 6. The topological polar surface area (TPSA) is 51.8 Å². The molecule has 2 aliphatic carbocycles. The van der Waals surface area contributed by atoms with E-state index in [0.717, 1.165) is 55.3 Å². The molecule has 0 N–H and O–H groups in total. The quantitative estimate of drug-likeness (QED) is 0.169. The second-order valence-corrected chi connectivity index (χ2v) is 16.6. The molecule has 2 heterocycles. The van der Waals surface area contributed by atoms with Crippen molar-refractivity contribution in [1.29, 1.82) is 0 Å². The molecular weight excluding hydrogens is 743 g/mol. The highest BCUT2D eigenvalue weighted by Gasteiger charge is 2.45. The van der Waals surface area contributed by atoms with Gasteiger partial charge in [0.15, 0.2) is 17.5 Å². The summed E-state index contributed by atoms with van der Waals surface area (Å²) in [6, 6.07) is 67.1. The lowest BCUT2D eigenvalue weighted by atomic mass is 9.66. The van der Waals surface area contributed by atoms with E-state index in [1.165, 1.54) is 71.0 Å². The fourth-order valence-electron chi connectivity index (χ4n) is 10.2. The Morgan fingerprint density at radius 1 is 0.344 bits per heavy atom. The van der Waals surface area contributed by atoms with Crippen molar-refractivity contribution in [3.63, 3.8) is 0 Å². The van der Waals surface area contributed by atoms with Gasteiger partial charge < -0.3 is 4.42 Å². The van der Waals surface area contributed by atoms with Gasteiger partial charge in [-0.05, 0) is 92.7 Å². The third-order valence-corrected chi connectivity index (χ3v) is 13.2. The summed E-state index contributed by atoms with van der Waals surface area (Å²) in [5.74, 6) is 1.83. The Kier molecular flexibility index (Phi) is 8.38. The first kappa shape index (κ1) is 35.5. The summed E-state index contributed by atoms with van der Waals surface area (Å²) < 4.78 is 6.28. The van der Waals surface area contributed by atoms with Crippen LogP contribution < -0.4 is 0 Å². The van der Waals surface area contributed by atoms with Crippen molar-refractivity contribution in [2.75, 3.05) is 0 Å². The van der Waals surface area contributed by atoms with Gasteiger partial charge in [0.2, 0.25) is 0 Å². The number of aromatic nitrogens is 3. The lowest BCUT2D eigenvalue weighted by molar-refractivity contribution is 0.353. The van der Waals surface area contributed by atoms with Gasteiger partial charge in [0.25, 0.3) is 0 Å². The van der Waals surface area contributed by atoms with Gasteiger partial charge in [0, 0.05) is 32.9 Å². The molecule has 1 saturated carbocycles. The second kappa shape index (κ2) is 14.4. The summed E-state index contributed by atoms with van der Waals surface area (Å²) in [7, 11) is 0. The normalized spacial score (nSPS) is 14.0. The van der Waals surface area contributed by atoms with E-state index in [1.807, 2.05) is 30.3 Å². The van der Waals surface area contributed by atoms with Crippen LogP contribution >= 0.6 is 0 Å². The molecule has 290 valence electrons. The van der Waals surface area contributed by atoms with E-state index in [1.54, 1.807) is 0 Å². The van der Waals surface area contributed by atoms with Crippen LogP contribution in [0.1, 0.15) is 43.2 Å². The second-order valence-electron chi connectivity index (χ2n) is 16.6. The van der Waals surface area contributed by atoms with Crippen molar-refractivity contribution >= 4 is 21.9 Å². The zero-order chi connectivity index (χ0) is 40.3. The molecule has 12 rings (SSSR count). The Labute approximate surface area is 355 Å². The van der Waals surface area contributed by atoms with Crippen molar-refractivity contribution in [3.05, 3.63) is 199 Å². The third-order valence-electron chi connectivity index (χ3n) is 13.2. The Hall–Kier alpha value is -7.43. The molecule has 2 aliphatic rings. The first-order valence-electron chi connectivity index (χ1n) is 21.5. The first-order chi connectivity index (χ1) is 30.2. The monoisotopic (exact) mass is 783 g/mol. The molecule has 4 nitrogen and oxygen atoms in total. The highest BCUT2D eigenvalue weighted by molar-refractivity contribution is 6.05. The standard InChI is InChI=1S/C57H41N3O/c1-3-13-37(14-4-1)42-15-11-16-43(35-42)55-58-54(59-56(60-55)44-31-32-48-47-18-6-8-22-51(47)61-52(48)36-44)41-29-25-39(26-30-41)38-23-27-40(28-24-38)45-19-12-20-49-46-17-5-7-21-50(46)57(53(45)49)33-9-2-10-34-57/h1,3-8,11-32,35-36H,2,9-10,33-34H2. The predicted molar refractivity (Wildman–Crippen MR) is 249 cm³/mol. The lowest BCUT2D eigenvalue weighted by Crippen LogP contribution is -2.28. The molecule has 0 unspecified atom stereocenters. The van der Waals surface area contributed by atoms with Gasteiger partial charge in [0.05, 0.1) is 0 Å². The molecule has 0 bridgehead atoms. The van der Waals surface area contributed by atoms with E-state index in [9.17, 15) is 0 Å². The number of hydrogen-bond acceptors (Lipinski definition) is 4. The molecule has 8 aromatic carbocycles. The van der Waals surface area contributed by atoms with Crippen molar-refractivity contribution in [2.24, 2.45) is 0 Å². The molecule has 0 radical (unpaired) electrons. The summed E-state index contributed by atoms with van der Waals surface area (Å²) in [6.45, 7) is 0. The van der Waals surface area contributed by atoms with E-state index >= 15 is 0 Å². The van der Waals surface area contributed by atoms with Crippen LogP contribution in [0.4, 0.5) is 0 Å². The lowest BCUT2D eigenvalue weighted by Gasteiger charge is -2.37. The smallest absolute Gasteiger partial charge is 0.164 e. The minimum Gasteiger partial charge on any atom is -0.456 e. The highest BCUT2D eigenvalue weighted by Crippen LogP contribution is 2.58. The molecule has 10 aromatic rings. The number of benzene rings is 8. The fourth-order valence-corrected chi connectivity index (χ4v) is 10.2. The first-order valence-corrected chi connectivity index (χ1v) is 21.5. The summed E-state index contributed by atoms with van der Waals surface area (Å²) in [5.41, 5.74) is 17.6. The summed E-state index contributed by atoms with van der Waals surface area (Å²) >= 11 is 0. The number of furan rings is 1. The van der Waals surface area contributed by atoms with Gasteiger partial charge in [-0.3, -0.25) is 0 Å². The zero-order valence-electron chi connectivity index (χ0n) is 33.7. The minimum absolute atomic E-state index is 0.106. The molecule has 1 spiro atoms. The van der Waals surface area contributed by atoms with Crippen LogP contribution in [-0.2, 0) is 5.41 Å². The zero-order valence-corrected chi connectivity index (χ0v) is 33.7. The van der Waals surface area contributed by atoms with Gasteiger partial charge in [-0.25, -0.2) is 15.0 Å². The Balaban J connectivity index is 0.903. The average molecular weight is 784 g/mol. The minimum atomic E-state index is 0.106. The van der Waals surface area contributed by atoms with Crippen LogP contribution in [0, 0.1) is 0 Å². The number of fused-ring (bicyclic) bond motifs is 8. The molecule has 61 heavy (non-hydrogen) atoms. The highest BCUT2D eigenvalue weighted by atomic mass is 16.3. The number of nitrogens with zero attached hydrogens (tertiary/aromatic N) is 3. The maximum atomic E-state index is 6.28. The van der Waals surface area contributed by atoms with Gasteiger partial charge >= 0.3 is 0 Å². The maximum Gasteiger partial charge on any atom is 0.164 e. The van der Waals surface area contributed by atoms with Crippen LogP contribution in [0.3, 0.4) is 0 Å². The van der Waals surface area contributed by atoms with E-state index in [-0.39, 0.29) is 5.41 Å². The van der Waals surface area contributed by atoms with Gasteiger partial charge in [0.1, 0.15) is 11.2 Å². The van der Waals surface area contributed by atoms with Crippen LogP contribution in [-0.4, -0.2) is 15.0 Å². The van der Waals surface area contributed by atoms with Gasteiger partial charge in [-0.1, -0.05) is 183 Å². The maximum absolute atomic E-state index is 6.28. The molecule has 4 heteroatoms. The fraction of sp³-hybridized carbons (Fsp3) is 0.105. The summed E-state index contributed by atoms with van der Waals surface area (Å²) in [4.78, 5) is 15.3. The van der Waals surface area contributed by atoms with Crippen LogP contribution in [0.2, 0.25) is 0 Å². The van der Waals surface area contributed by atoms with Crippen LogP contribution in [0.5, 0.6) is 0 Å². The number of para-hydroxylation sites is 1. The van der Waals surface area contributed by atoms with Crippen molar-refractivity contribution < 1.29 is 4.42 Å². The third kappa shape index (κ3) is 6.01. The van der Waals surface area contributed by atoms with Gasteiger partial charge in [-0.2, -0.15) is 0 Å². The largest absolute Gasteiger partial charge is 0.456 e. The molecule has 0 aliphatic heterocycles. The Morgan fingerprint density at radius 2 is 0.869 bits per heavy atom. The van der Waals surface area contributed by atoms with Crippen LogP contribution in [0.15, 0.2) is 192 Å². The molecule has 0 atom stereocenters. The predicted octanol–water partition coefficient (Wildman–Crippen LogP) is 15.0. The van der Waals surface area contributed by atoms with E-state index < -0.39 is 0 Å². The van der Waals surface area contributed by atoms with E-state index in [0.29, 0.717) is 17.5 Å². The average Bonchev–Trinajstić information content (AvgIpc) is 3.85. The van der Waals surface area contributed by atoms with Gasteiger partial charge in [-0.15, -0.1) is 0 Å². The SMILES string of the molecule is c1ccc(-c2cccc(-c3nc(-c4ccc(-c5ccc(-c6cccc7c6C6(CCCCC6)c6ccccc6-7)cc5)cc4)nc(-c4ccc5c(c4)oc4ccccc45)n3)c2)cc1. The van der Waals surface area contributed by atoms with E-state index in [2.05, 4.69) is 158 Å². The summed E-state index contributed by atoms with van der Waals surface area (Å²) in [5, 5.41) is 2.16. The van der Waals surface area contributed by atoms with Crippen molar-refractivity contribution in [2.45, 2.75) is 37.5 Å². The van der Waals surface area contributed by atoms with Crippen LogP contribution in [0.25, 0.3) is 101 Å². The molecule has 0 saturated heterocycles. The molecule has 2 aromatic heterocycles. The Morgan fingerprint density at radius 3 is 1.66 bits per heavy atom. The van der Waals surface area contributed by atoms with Crippen molar-refractivity contribution in [1.82, 2.24) is 15.0 Å². The molecular formula is C57H41N3O. The Bertz CT molecular complexity index is 3270. The van der Waals surface area contributed by atoms with Crippen molar-refractivity contribution in [3.8, 4) is 78.7 Å². The molecule has 0 amide bonds.